The Morgan fingerprint density at radius 3 is 2.32 bits per heavy atom. The molecule has 4 nitrogen and oxygen atoms in total. The number of rotatable bonds is 1. The van der Waals surface area contributed by atoms with Gasteiger partial charge in [0.05, 0.1) is 10.9 Å². The second-order valence-electron chi connectivity index (χ2n) is 5.81. The first-order chi connectivity index (χ1) is 8.79. The molecule has 0 aliphatic carbocycles. The van der Waals surface area contributed by atoms with Crippen LogP contribution in [0.4, 0.5) is 0 Å². The van der Waals surface area contributed by atoms with Crippen LogP contribution in [-0.2, 0) is 12.1 Å². The summed E-state index contributed by atoms with van der Waals surface area (Å²) in [5, 5.41) is 0.608. The van der Waals surface area contributed by atoms with Gasteiger partial charge in [0.15, 0.2) is 0 Å². The summed E-state index contributed by atoms with van der Waals surface area (Å²) in [5.41, 5.74) is 0.737. The van der Waals surface area contributed by atoms with Gasteiger partial charge < -0.3 is 0 Å². The highest BCUT2D eigenvalue weighted by Crippen LogP contribution is 2.16. The number of para-hydroxylation sites is 1. The van der Waals surface area contributed by atoms with Crippen molar-refractivity contribution in [1.82, 2.24) is 9.13 Å². The Bertz CT molecular complexity index is 746. The molecule has 0 atom stereocenters. The summed E-state index contributed by atoms with van der Waals surface area (Å²) in [6, 6.07) is 5.57. The van der Waals surface area contributed by atoms with Crippen molar-refractivity contribution in [3.05, 3.63) is 44.6 Å². The molecule has 0 spiro atoms. The monoisotopic (exact) mass is 260 g/mol. The topological polar surface area (TPSA) is 44.0 Å². The van der Waals surface area contributed by atoms with Crippen molar-refractivity contribution in [2.24, 2.45) is 0 Å². The van der Waals surface area contributed by atoms with Crippen LogP contribution in [0.1, 0.15) is 33.3 Å². The summed E-state index contributed by atoms with van der Waals surface area (Å²) >= 11 is 0. The lowest BCUT2D eigenvalue weighted by Crippen LogP contribution is -2.47. The van der Waals surface area contributed by atoms with Crippen LogP contribution in [-0.4, -0.2) is 9.13 Å². The number of fused-ring (bicyclic) bond motifs is 1. The molecule has 0 N–H and O–H groups in total. The predicted octanol–water partition coefficient (Wildman–Crippen LogP) is 2.25. The zero-order valence-corrected chi connectivity index (χ0v) is 12.2. The van der Waals surface area contributed by atoms with Gasteiger partial charge in [-0.2, -0.15) is 0 Å². The third-order valence-electron chi connectivity index (χ3n) is 3.35. The van der Waals surface area contributed by atoms with Gasteiger partial charge in [-0.1, -0.05) is 12.1 Å². The van der Waals surface area contributed by atoms with Crippen LogP contribution in [0.5, 0.6) is 0 Å². The van der Waals surface area contributed by atoms with Gasteiger partial charge >= 0.3 is 5.69 Å². The molecule has 0 aliphatic rings. The molecular weight excluding hydrogens is 240 g/mol. The van der Waals surface area contributed by atoms with E-state index in [-0.39, 0.29) is 11.2 Å². The Balaban J connectivity index is 3.14. The molecular formula is C15H20N2O2. The fourth-order valence-electron chi connectivity index (χ4n) is 2.50. The number of aryl methyl sites for hydroxylation is 2. The number of aromatic nitrogens is 2. The van der Waals surface area contributed by atoms with Gasteiger partial charge in [0.2, 0.25) is 0 Å². The van der Waals surface area contributed by atoms with Gasteiger partial charge in [0, 0.05) is 12.1 Å². The SMILES string of the molecule is CCn1c(=O)n(C(C)(C)C)c(=O)c2cccc(C)c21. The molecule has 1 aromatic heterocycles. The Morgan fingerprint density at radius 2 is 1.79 bits per heavy atom. The van der Waals surface area contributed by atoms with Gasteiger partial charge in [-0.25, -0.2) is 4.79 Å². The van der Waals surface area contributed by atoms with E-state index in [4.69, 9.17) is 0 Å². The molecule has 0 bridgehead atoms. The fraction of sp³-hybridized carbons (Fsp3) is 0.467. The molecule has 0 amide bonds. The Labute approximate surface area is 112 Å². The molecule has 0 saturated heterocycles. The quantitative estimate of drug-likeness (QED) is 0.789. The van der Waals surface area contributed by atoms with E-state index in [1.165, 1.54) is 4.57 Å². The van der Waals surface area contributed by atoms with Crippen molar-refractivity contribution >= 4 is 10.9 Å². The Hall–Kier alpha value is -1.84. The fourth-order valence-corrected chi connectivity index (χ4v) is 2.50. The van der Waals surface area contributed by atoms with Crippen molar-refractivity contribution in [2.75, 3.05) is 0 Å². The number of hydrogen-bond donors (Lipinski definition) is 0. The lowest BCUT2D eigenvalue weighted by molar-refractivity contribution is 0.359. The Morgan fingerprint density at radius 1 is 1.16 bits per heavy atom. The molecule has 0 radical (unpaired) electrons. The molecule has 4 heteroatoms. The first kappa shape index (κ1) is 13.6. The lowest BCUT2D eigenvalue weighted by Gasteiger charge is -2.24. The molecule has 102 valence electrons. The van der Waals surface area contributed by atoms with Crippen LogP contribution in [0.15, 0.2) is 27.8 Å². The smallest absolute Gasteiger partial charge is 0.293 e. The lowest BCUT2D eigenvalue weighted by atomic mass is 10.1. The van der Waals surface area contributed by atoms with E-state index in [9.17, 15) is 9.59 Å². The standard InChI is InChI=1S/C15H20N2O2/c1-6-16-12-10(2)8-7-9-11(12)13(18)17(14(16)19)15(3,4)5/h7-9H,6H2,1-5H3. The molecule has 19 heavy (non-hydrogen) atoms. The summed E-state index contributed by atoms with van der Waals surface area (Å²) in [5.74, 6) is 0. The van der Waals surface area contributed by atoms with E-state index in [2.05, 4.69) is 0 Å². The molecule has 2 rings (SSSR count). The molecule has 1 heterocycles. The summed E-state index contributed by atoms with van der Waals surface area (Å²) in [6.07, 6.45) is 0. The van der Waals surface area contributed by atoms with E-state index in [0.29, 0.717) is 11.9 Å². The average Bonchev–Trinajstić information content (AvgIpc) is 2.29. The first-order valence-electron chi connectivity index (χ1n) is 6.54. The van der Waals surface area contributed by atoms with Gasteiger partial charge in [-0.3, -0.25) is 13.9 Å². The van der Waals surface area contributed by atoms with Gasteiger partial charge in [-0.05, 0) is 46.2 Å². The second kappa shape index (κ2) is 4.37. The highest BCUT2D eigenvalue weighted by molar-refractivity contribution is 5.81. The van der Waals surface area contributed by atoms with Gasteiger partial charge in [-0.15, -0.1) is 0 Å². The van der Waals surface area contributed by atoms with Crippen molar-refractivity contribution < 1.29 is 0 Å². The molecule has 0 fully saturated rings. The average molecular weight is 260 g/mol. The molecule has 2 aromatic rings. The Kier molecular flexibility index (Phi) is 3.12. The van der Waals surface area contributed by atoms with Crippen molar-refractivity contribution in [3.63, 3.8) is 0 Å². The van der Waals surface area contributed by atoms with E-state index in [0.717, 1.165) is 11.1 Å². The number of hydrogen-bond acceptors (Lipinski definition) is 2. The van der Waals surface area contributed by atoms with E-state index < -0.39 is 5.54 Å². The predicted molar refractivity (Wildman–Crippen MR) is 77.9 cm³/mol. The summed E-state index contributed by atoms with van der Waals surface area (Å²) in [7, 11) is 0. The summed E-state index contributed by atoms with van der Waals surface area (Å²) < 4.78 is 3.02. The zero-order chi connectivity index (χ0) is 14.4. The minimum Gasteiger partial charge on any atom is -0.293 e. The minimum absolute atomic E-state index is 0.207. The summed E-state index contributed by atoms with van der Waals surface area (Å²) in [6.45, 7) is 10.0. The van der Waals surface area contributed by atoms with Crippen molar-refractivity contribution in [1.29, 1.82) is 0 Å². The second-order valence-corrected chi connectivity index (χ2v) is 5.81. The maximum absolute atomic E-state index is 12.6. The minimum atomic E-state index is -0.525. The maximum atomic E-state index is 12.6. The summed E-state index contributed by atoms with van der Waals surface area (Å²) in [4.78, 5) is 25.1. The van der Waals surface area contributed by atoms with E-state index >= 15 is 0 Å². The van der Waals surface area contributed by atoms with Crippen LogP contribution < -0.4 is 11.2 Å². The van der Waals surface area contributed by atoms with Crippen LogP contribution in [0.3, 0.4) is 0 Å². The molecule has 1 aromatic carbocycles. The van der Waals surface area contributed by atoms with E-state index in [1.54, 1.807) is 10.6 Å². The van der Waals surface area contributed by atoms with Crippen molar-refractivity contribution in [2.45, 2.75) is 46.7 Å². The third kappa shape index (κ3) is 2.01. The van der Waals surface area contributed by atoms with Crippen LogP contribution in [0, 0.1) is 6.92 Å². The number of benzene rings is 1. The van der Waals surface area contributed by atoms with Gasteiger partial charge in [0.1, 0.15) is 0 Å². The first-order valence-corrected chi connectivity index (χ1v) is 6.54. The largest absolute Gasteiger partial charge is 0.331 e. The molecule has 0 saturated carbocycles. The van der Waals surface area contributed by atoms with Crippen LogP contribution in [0.2, 0.25) is 0 Å². The highest BCUT2D eigenvalue weighted by Gasteiger charge is 2.22. The van der Waals surface area contributed by atoms with Crippen molar-refractivity contribution in [3.8, 4) is 0 Å². The third-order valence-corrected chi connectivity index (χ3v) is 3.35. The van der Waals surface area contributed by atoms with Crippen LogP contribution in [0.25, 0.3) is 10.9 Å². The highest BCUT2D eigenvalue weighted by atomic mass is 16.2. The zero-order valence-electron chi connectivity index (χ0n) is 12.2. The number of nitrogens with zero attached hydrogens (tertiary/aromatic N) is 2. The maximum Gasteiger partial charge on any atom is 0.331 e. The molecule has 0 aliphatic heterocycles. The van der Waals surface area contributed by atoms with Gasteiger partial charge in [0.25, 0.3) is 5.56 Å². The van der Waals surface area contributed by atoms with Crippen LogP contribution >= 0.6 is 0 Å². The van der Waals surface area contributed by atoms with E-state index in [1.807, 2.05) is 46.8 Å². The normalized spacial score (nSPS) is 12.1. The molecule has 0 unspecified atom stereocenters.